The lowest BCUT2D eigenvalue weighted by Crippen LogP contribution is -2.58. The SMILES string of the molecule is COc1cc([C@H]2CN3CCN(C[C@H](O)c4ccc5c(c4C)COC5=O)C[C@@H]3CO2)cc(F)c1C#N. The number of morpholine rings is 1. The number of methoxy groups -OCH3 is 1. The average Bonchev–Trinajstić information content (AvgIpc) is 3.24. The van der Waals surface area contributed by atoms with E-state index in [0.29, 0.717) is 30.8 Å². The lowest BCUT2D eigenvalue weighted by molar-refractivity contribution is -0.0938. The number of nitriles is 1. The summed E-state index contributed by atoms with van der Waals surface area (Å²) in [5.41, 5.74) is 3.73. The lowest BCUT2D eigenvalue weighted by Gasteiger charge is -2.46. The van der Waals surface area contributed by atoms with Crippen molar-refractivity contribution in [1.82, 2.24) is 9.80 Å². The number of esters is 1. The van der Waals surface area contributed by atoms with Crippen molar-refractivity contribution in [3.05, 3.63) is 63.5 Å². The van der Waals surface area contributed by atoms with Gasteiger partial charge in [-0.1, -0.05) is 6.07 Å². The molecule has 0 radical (unpaired) electrons. The smallest absolute Gasteiger partial charge is 0.338 e. The maximum atomic E-state index is 14.4. The Kier molecular flexibility index (Phi) is 6.47. The van der Waals surface area contributed by atoms with E-state index in [4.69, 9.17) is 19.5 Å². The van der Waals surface area contributed by atoms with Crippen LogP contribution in [0.1, 0.15) is 50.4 Å². The van der Waals surface area contributed by atoms with Gasteiger partial charge in [-0.3, -0.25) is 9.80 Å². The van der Waals surface area contributed by atoms with E-state index in [1.807, 2.05) is 19.1 Å². The van der Waals surface area contributed by atoms with Crippen molar-refractivity contribution in [1.29, 1.82) is 5.26 Å². The third-order valence-electron chi connectivity index (χ3n) is 7.36. The summed E-state index contributed by atoms with van der Waals surface area (Å²) in [7, 11) is 1.42. The van der Waals surface area contributed by atoms with Crippen LogP contribution in [-0.2, 0) is 16.1 Å². The number of halogens is 1. The molecule has 2 aromatic rings. The second-order valence-corrected chi connectivity index (χ2v) is 9.32. The summed E-state index contributed by atoms with van der Waals surface area (Å²) in [5.74, 6) is -0.702. The Morgan fingerprint density at radius 1 is 1.31 bits per heavy atom. The summed E-state index contributed by atoms with van der Waals surface area (Å²) in [6.07, 6.45) is -0.979. The van der Waals surface area contributed by atoms with Crippen LogP contribution in [0.25, 0.3) is 0 Å². The number of carbonyl (C=O) groups excluding carboxylic acids is 1. The molecule has 1 N–H and O–H groups in total. The quantitative estimate of drug-likeness (QED) is 0.651. The van der Waals surface area contributed by atoms with E-state index in [9.17, 15) is 14.3 Å². The van der Waals surface area contributed by atoms with Crippen LogP contribution >= 0.6 is 0 Å². The van der Waals surface area contributed by atoms with E-state index in [1.165, 1.54) is 13.2 Å². The Morgan fingerprint density at radius 3 is 2.91 bits per heavy atom. The molecule has 3 aliphatic rings. The number of β-amino-alcohol motifs (C(OH)–C–C–N with tert-alkyl or cyclic N) is 1. The first-order chi connectivity index (χ1) is 16.9. The monoisotopic (exact) mass is 481 g/mol. The standard InChI is InChI=1S/C26H28FN3O5/c1-15-18(3-4-19-21(15)14-35-26(19)32)23(31)11-29-5-6-30-12-25(34-13-17(30)10-29)16-7-22(27)20(9-28)24(8-16)33-2/h3-4,7-8,17,23,25,31H,5-6,10-14H2,1-2H3/t17-,23+,25-/m1/s1. The fourth-order valence-corrected chi connectivity index (χ4v) is 5.34. The van der Waals surface area contributed by atoms with Crippen LogP contribution in [0.15, 0.2) is 24.3 Å². The van der Waals surface area contributed by atoms with Gasteiger partial charge >= 0.3 is 5.97 Å². The van der Waals surface area contributed by atoms with Crippen LogP contribution in [0.5, 0.6) is 5.75 Å². The number of benzene rings is 2. The molecule has 3 heterocycles. The number of piperazine rings is 1. The van der Waals surface area contributed by atoms with Crippen molar-refractivity contribution in [2.75, 3.05) is 46.4 Å². The maximum absolute atomic E-state index is 14.4. The molecule has 5 rings (SSSR count). The first-order valence-corrected chi connectivity index (χ1v) is 11.7. The Bertz CT molecular complexity index is 1200. The van der Waals surface area contributed by atoms with E-state index in [1.54, 1.807) is 12.1 Å². The van der Waals surface area contributed by atoms with Crippen molar-refractivity contribution in [3.8, 4) is 11.8 Å². The molecule has 3 atom stereocenters. The highest BCUT2D eigenvalue weighted by molar-refractivity contribution is 5.93. The first kappa shape index (κ1) is 23.7. The molecule has 3 aliphatic heterocycles. The fraction of sp³-hybridized carbons (Fsp3) is 0.462. The fourth-order valence-electron chi connectivity index (χ4n) is 5.34. The van der Waals surface area contributed by atoms with E-state index in [2.05, 4.69) is 9.80 Å². The minimum absolute atomic E-state index is 0.102. The molecule has 0 bridgehead atoms. The van der Waals surface area contributed by atoms with E-state index in [-0.39, 0.29) is 36.0 Å². The molecular formula is C26H28FN3O5. The molecule has 9 heteroatoms. The number of hydrogen-bond acceptors (Lipinski definition) is 8. The third-order valence-corrected chi connectivity index (χ3v) is 7.36. The maximum Gasteiger partial charge on any atom is 0.338 e. The van der Waals surface area contributed by atoms with Crippen LogP contribution < -0.4 is 4.74 Å². The average molecular weight is 482 g/mol. The first-order valence-electron chi connectivity index (χ1n) is 11.7. The number of aliphatic hydroxyl groups excluding tert-OH is 1. The molecule has 184 valence electrons. The van der Waals surface area contributed by atoms with Crippen LogP contribution in [0.4, 0.5) is 4.39 Å². The normalized spacial score (nSPS) is 23.2. The Morgan fingerprint density at radius 2 is 2.14 bits per heavy atom. The summed E-state index contributed by atoms with van der Waals surface area (Å²) >= 11 is 0. The van der Waals surface area contributed by atoms with Gasteiger partial charge in [0.1, 0.15) is 29.8 Å². The molecule has 0 unspecified atom stereocenters. The molecule has 0 spiro atoms. The van der Waals surface area contributed by atoms with Crippen LogP contribution in [0.3, 0.4) is 0 Å². The molecule has 0 amide bonds. The molecule has 35 heavy (non-hydrogen) atoms. The van der Waals surface area contributed by atoms with Crippen molar-refractivity contribution in [2.24, 2.45) is 0 Å². The second kappa shape index (κ2) is 9.55. The van der Waals surface area contributed by atoms with E-state index >= 15 is 0 Å². The zero-order valence-corrected chi connectivity index (χ0v) is 19.8. The minimum atomic E-state index is -0.672. The summed E-state index contributed by atoms with van der Waals surface area (Å²) in [6.45, 7) is 6.12. The highest BCUT2D eigenvalue weighted by Gasteiger charge is 2.35. The van der Waals surface area contributed by atoms with Crippen LogP contribution in [0, 0.1) is 24.1 Å². The molecular weight excluding hydrogens is 453 g/mol. The predicted molar refractivity (Wildman–Crippen MR) is 123 cm³/mol. The third kappa shape index (κ3) is 4.39. The number of rotatable bonds is 5. The highest BCUT2D eigenvalue weighted by Crippen LogP contribution is 2.33. The summed E-state index contributed by atoms with van der Waals surface area (Å²) in [6, 6.07) is 8.61. The summed E-state index contributed by atoms with van der Waals surface area (Å²) < 4.78 is 30.8. The number of nitrogens with zero attached hydrogens (tertiary/aromatic N) is 3. The van der Waals surface area contributed by atoms with Crippen LogP contribution in [0.2, 0.25) is 0 Å². The van der Waals surface area contributed by atoms with E-state index < -0.39 is 11.9 Å². The zero-order chi connectivity index (χ0) is 24.7. The van der Waals surface area contributed by atoms with Gasteiger partial charge in [-0.2, -0.15) is 5.26 Å². The topological polar surface area (TPSA) is 95.3 Å². The number of ether oxygens (including phenoxy) is 3. The zero-order valence-electron chi connectivity index (χ0n) is 19.8. The van der Waals surface area contributed by atoms with Gasteiger partial charge in [0, 0.05) is 44.3 Å². The van der Waals surface area contributed by atoms with Gasteiger partial charge in [0.05, 0.1) is 31.5 Å². The number of hydrogen-bond donors (Lipinski definition) is 1. The minimum Gasteiger partial charge on any atom is -0.495 e. The van der Waals surface area contributed by atoms with Gasteiger partial charge in [-0.15, -0.1) is 0 Å². The van der Waals surface area contributed by atoms with Crippen molar-refractivity contribution in [2.45, 2.75) is 31.8 Å². The number of fused-ring (bicyclic) bond motifs is 2. The molecule has 8 nitrogen and oxygen atoms in total. The summed E-state index contributed by atoms with van der Waals surface area (Å²) in [4.78, 5) is 16.4. The number of cyclic esters (lactones) is 1. The predicted octanol–water partition coefficient (Wildman–Crippen LogP) is 2.48. The van der Waals surface area contributed by atoms with Gasteiger partial charge < -0.3 is 19.3 Å². The van der Waals surface area contributed by atoms with Gasteiger partial charge in [-0.25, -0.2) is 9.18 Å². The summed E-state index contributed by atoms with van der Waals surface area (Å²) in [5, 5.41) is 20.1. The Labute approximate surface area is 203 Å². The molecule has 0 saturated carbocycles. The molecule has 0 aromatic heterocycles. The Balaban J connectivity index is 1.22. The van der Waals surface area contributed by atoms with Gasteiger partial charge in [0.25, 0.3) is 0 Å². The van der Waals surface area contributed by atoms with Crippen LogP contribution in [-0.4, -0.2) is 73.4 Å². The largest absolute Gasteiger partial charge is 0.495 e. The van der Waals surface area contributed by atoms with Gasteiger partial charge in [-0.05, 0) is 41.8 Å². The molecule has 2 saturated heterocycles. The lowest BCUT2D eigenvalue weighted by atomic mass is 9.95. The molecule has 0 aliphatic carbocycles. The number of aliphatic hydroxyl groups is 1. The van der Waals surface area contributed by atoms with Crippen molar-refractivity contribution >= 4 is 5.97 Å². The molecule has 2 fully saturated rings. The van der Waals surface area contributed by atoms with E-state index in [0.717, 1.165) is 36.3 Å². The second-order valence-electron chi connectivity index (χ2n) is 9.32. The molecule has 2 aromatic carbocycles. The highest BCUT2D eigenvalue weighted by atomic mass is 19.1. The van der Waals surface area contributed by atoms with Gasteiger partial charge in [0.2, 0.25) is 0 Å². The van der Waals surface area contributed by atoms with Gasteiger partial charge in [0.15, 0.2) is 0 Å². The number of carbonyl (C=O) groups is 1. The van der Waals surface area contributed by atoms with Crippen molar-refractivity contribution in [3.63, 3.8) is 0 Å². The van der Waals surface area contributed by atoms with Crippen molar-refractivity contribution < 1.29 is 28.5 Å². The Hall–Kier alpha value is -3.03.